The second-order valence-electron chi connectivity index (χ2n) is 5.85. The molecule has 0 aliphatic carbocycles. The van der Waals surface area contributed by atoms with Gasteiger partial charge in [0.1, 0.15) is 0 Å². The van der Waals surface area contributed by atoms with Crippen LogP contribution in [0.5, 0.6) is 0 Å². The highest BCUT2D eigenvalue weighted by molar-refractivity contribution is 6.30. The maximum Gasteiger partial charge on any atom is 0.176 e. The number of carbonyl (C=O) groups excluding carboxylic acids is 1. The lowest BCUT2D eigenvalue weighted by atomic mass is 10.1. The Morgan fingerprint density at radius 3 is 2.24 bits per heavy atom. The van der Waals surface area contributed by atoms with Gasteiger partial charge in [0.25, 0.3) is 0 Å². The average Bonchev–Trinajstić information content (AvgIpc) is 2.47. The Hall–Kier alpha value is -0.940. The maximum atomic E-state index is 12.2. The number of piperazine rings is 1. The molecule has 0 aromatic heterocycles. The van der Waals surface area contributed by atoms with E-state index in [4.69, 9.17) is 11.6 Å². The summed E-state index contributed by atoms with van der Waals surface area (Å²) in [4.78, 5) is 19.1. The number of halogens is 1. The number of hydrogen-bond acceptors (Lipinski definition) is 4. The summed E-state index contributed by atoms with van der Waals surface area (Å²) in [5, 5.41) is 0.668. The van der Waals surface area contributed by atoms with Gasteiger partial charge in [-0.2, -0.15) is 0 Å². The summed E-state index contributed by atoms with van der Waals surface area (Å²) in [6.45, 7) is 6.71. The van der Waals surface area contributed by atoms with Crippen molar-refractivity contribution in [1.82, 2.24) is 14.7 Å². The van der Waals surface area contributed by atoms with Crippen molar-refractivity contribution in [3.8, 4) is 0 Å². The SMILES string of the molecule is CN(C)CCN1CCN(CC(=O)c2ccc(Cl)cc2)CC1. The number of hydrogen-bond donors (Lipinski definition) is 0. The standard InChI is InChI=1S/C16H24ClN3O/c1-18(2)7-8-19-9-11-20(12-10-19)13-16(21)14-3-5-15(17)6-4-14/h3-6H,7-13H2,1-2H3. The van der Waals surface area contributed by atoms with Crippen LogP contribution in [-0.2, 0) is 0 Å². The molecule has 21 heavy (non-hydrogen) atoms. The van der Waals surface area contributed by atoms with Crippen molar-refractivity contribution >= 4 is 17.4 Å². The molecular weight excluding hydrogens is 286 g/mol. The van der Waals surface area contributed by atoms with Gasteiger partial charge in [-0.1, -0.05) is 11.6 Å². The number of rotatable bonds is 6. The Kier molecular flexibility index (Phi) is 6.18. The predicted octanol–water partition coefficient (Wildman–Crippen LogP) is 1.70. The van der Waals surface area contributed by atoms with Gasteiger partial charge in [0.15, 0.2) is 5.78 Å². The van der Waals surface area contributed by atoms with E-state index in [1.54, 1.807) is 24.3 Å². The van der Waals surface area contributed by atoms with E-state index >= 15 is 0 Å². The third-order valence-electron chi connectivity index (χ3n) is 3.86. The molecule has 5 heteroatoms. The predicted molar refractivity (Wildman–Crippen MR) is 87.2 cm³/mol. The number of benzene rings is 1. The molecule has 1 saturated heterocycles. The van der Waals surface area contributed by atoms with Crippen molar-refractivity contribution in [2.75, 3.05) is 59.9 Å². The molecule has 0 atom stereocenters. The van der Waals surface area contributed by atoms with Gasteiger partial charge in [-0.15, -0.1) is 0 Å². The molecule has 0 spiro atoms. The monoisotopic (exact) mass is 309 g/mol. The third kappa shape index (κ3) is 5.40. The number of carbonyl (C=O) groups is 1. The molecule has 1 aliphatic heterocycles. The zero-order valence-electron chi connectivity index (χ0n) is 12.9. The van der Waals surface area contributed by atoms with E-state index in [2.05, 4.69) is 28.8 Å². The van der Waals surface area contributed by atoms with Crippen LogP contribution in [0.2, 0.25) is 5.02 Å². The van der Waals surface area contributed by atoms with Gasteiger partial charge in [0.05, 0.1) is 6.54 Å². The van der Waals surface area contributed by atoms with E-state index in [9.17, 15) is 4.79 Å². The molecule has 2 rings (SSSR count). The van der Waals surface area contributed by atoms with Gasteiger partial charge in [0.2, 0.25) is 0 Å². The van der Waals surface area contributed by atoms with Crippen LogP contribution in [-0.4, -0.2) is 80.4 Å². The summed E-state index contributed by atoms with van der Waals surface area (Å²) in [5.41, 5.74) is 0.745. The fourth-order valence-electron chi connectivity index (χ4n) is 2.44. The summed E-state index contributed by atoms with van der Waals surface area (Å²) < 4.78 is 0. The quantitative estimate of drug-likeness (QED) is 0.747. The van der Waals surface area contributed by atoms with Crippen LogP contribution in [0.1, 0.15) is 10.4 Å². The molecule has 0 radical (unpaired) electrons. The first-order valence-corrected chi connectivity index (χ1v) is 7.80. The van der Waals surface area contributed by atoms with Crippen molar-refractivity contribution in [3.05, 3.63) is 34.9 Å². The van der Waals surface area contributed by atoms with Gasteiger partial charge in [-0.05, 0) is 38.4 Å². The number of ketones is 1. The van der Waals surface area contributed by atoms with E-state index in [0.29, 0.717) is 11.6 Å². The van der Waals surface area contributed by atoms with Crippen molar-refractivity contribution in [2.24, 2.45) is 0 Å². The first-order valence-electron chi connectivity index (χ1n) is 7.43. The molecule has 1 fully saturated rings. The molecular formula is C16H24ClN3O. The second kappa shape index (κ2) is 7.90. The Bertz CT molecular complexity index is 453. The van der Waals surface area contributed by atoms with Gasteiger partial charge < -0.3 is 4.90 Å². The molecule has 1 heterocycles. The second-order valence-corrected chi connectivity index (χ2v) is 6.29. The Labute approximate surface area is 132 Å². The van der Waals surface area contributed by atoms with Gasteiger partial charge in [-0.3, -0.25) is 14.6 Å². The molecule has 1 aromatic rings. The highest BCUT2D eigenvalue weighted by Gasteiger charge is 2.19. The number of likely N-dealkylation sites (N-methyl/N-ethyl adjacent to an activating group) is 1. The fourth-order valence-corrected chi connectivity index (χ4v) is 2.57. The van der Waals surface area contributed by atoms with Gasteiger partial charge >= 0.3 is 0 Å². The molecule has 0 unspecified atom stereocenters. The molecule has 1 aromatic carbocycles. The Morgan fingerprint density at radius 2 is 1.67 bits per heavy atom. The fraction of sp³-hybridized carbons (Fsp3) is 0.562. The molecule has 0 saturated carbocycles. The first-order chi connectivity index (χ1) is 10.0. The van der Waals surface area contributed by atoms with Crippen LogP contribution >= 0.6 is 11.6 Å². The smallest absolute Gasteiger partial charge is 0.176 e. The summed E-state index contributed by atoms with van der Waals surface area (Å²) in [5.74, 6) is 0.174. The van der Waals surface area contributed by atoms with Gasteiger partial charge in [-0.25, -0.2) is 0 Å². The molecule has 4 nitrogen and oxygen atoms in total. The van der Waals surface area contributed by atoms with Crippen LogP contribution in [0.4, 0.5) is 0 Å². The minimum atomic E-state index is 0.174. The maximum absolute atomic E-state index is 12.2. The number of nitrogens with zero attached hydrogens (tertiary/aromatic N) is 3. The van der Waals surface area contributed by atoms with Crippen molar-refractivity contribution < 1.29 is 4.79 Å². The third-order valence-corrected chi connectivity index (χ3v) is 4.11. The highest BCUT2D eigenvalue weighted by atomic mass is 35.5. The van der Waals surface area contributed by atoms with Crippen molar-refractivity contribution in [1.29, 1.82) is 0 Å². The Balaban J connectivity index is 1.75. The highest BCUT2D eigenvalue weighted by Crippen LogP contribution is 2.11. The Morgan fingerprint density at radius 1 is 1.10 bits per heavy atom. The molecule has 0 bridgehead atoms. The number of Topliss-reactive ketones (excluding diaryl/α,β-unsaturated/α-hetero) is 1. The minimum absolute atomic E-state index is 0.174. The van der Waals surface area contributed by atoms with Crippen LogP contribution in [0.15, 0.2) is 24.3 Å². The molecule has 116 valence electrons. The van der Waals surface area contributed by atoms with E-state index in [-0.39, 0.29) is 5.78 Å². The zero-order valence-corrected chi connectivity index (χ0v) is 13.6. The zero-order chi connectivity index (χ0) is 15.2. The lowest BCUT2D eigenvalue weighted by Crippen LogP contribution is -2.49. The molecule has 0 N–H and O–H groups in total. The van der Waals surface area contributed by atoms with Crippen molar-refractivity contribution in [3.63, 3.8) is 0 Å². The van der Waals surface area contributed by atoms with Gasteiger partial charge in [0, 0.05) is 49.9 Å². The van der Waals surface area contributed by atoms with E-state index in [1.807, 2.05) is 0 Å². The molecule has 1 aliphatic rings. The first kappa shape index (κ1) is 16.4. The summed E-state index contributed by atoms with van der Waals surface area (Å²) in [6.07, 6.45) is 0. The summed E-state index contributed by atoms with van der Waals surface area (Å²) in [6, 6.07) is 7.15. The van der Waals surface area contributed by atoms with E-state index in [0.717, 1.165) is 44.8 Å². The summed E-state index contributed by atoms with van der Waals surface area (Å²) in [7, 11) is 4.20. The van der Waals surface area contributed by atoms with Crippen LogP contribution in [0.3, 0.4) is 0 Å². The lowest BCUT2D eigenvalue weighted by molar-refractivity contribution is 0.0844. The van der Waals surface area contributed by atoms with Crippen LogP contribution in [0, 0.1) is 0 Å². The van der Waals surface area contributed by atoms with Crippen LogP contribution < -0.4 is 0 Å². The topological polar surface area (TPSA) is 26.8 Å². The average molecular weight is 310 g/mol. The molecule has 0 amide bonds. The van der Waals surface area contributed by atoms with E-state index < -0.39 is 0 Å². The largest absolute Gasteiger partial charge is 0.308 e. The lowest BCUT2D eigenvalue weighted by Gasteiger charge is -2.34. The van der Waals surface area contributed by atoms with Crippen LogP contribution in [0.25, 0.3) is 0 Å². The van der Waals surface area contributed by atoms with Crippen molar-refractivity contribution in [2.45, 2.75) is 0 Å². The minimum Gasteiger partial charge on any atom is -0.308 e. The van der Waals surface area contributed by atoms with E-state index in [1.165, 1.54) is 0 Å². The normalized spacial score (nSPS) is 17.3. The summed E-state index contributed by atoms with van der Waals surface area (Å²) >= 11 is 5.85.